The number of fused-ring (bicyclic) bond motifs is 1. The van der Waals surface area contributed by atoms with E-state index in [0.29, 0.717) is 17.7 Å². The first-order valence-corrected chi connectivity index (χ1v) is 9.72. The van der Waals surface area contributed by atoms with Crippen LogP contribution >= 0.6 is 0 Å². The summed E-state index contributed by atoms with van der Waals surface area (Å²) in [5, 5.41) is 5.54. The van der Waals surface area contributed by atoms with Gasteiger partial charge in [0.2, 0.25) is 11.8 Å². The van der Waals surface area contributed by atoms with Crippen LogP contribution in [0.25, 0.3) is 0 Å². The third-order valence-corrected chi connectivity index (χ3v) is 5.98. The lowest BCUT2D eigenvalue weighted by atomic mass is 9.75. The molecular weight excluding hydrogens is 360 g/mol. The molecule has 0 radical (unpaired) electrons. The molecule has 1 aromatic rings. The number of carbonyl (C=O) groups excluding carboxylic acids is 4. The van der Waals surface area contributed by atoms with E-state index in [1.807, 2.05) is 6.07 Å². The van der Waals surface area contributed by atoms with Gasteiger partial charge in [0.1, 0.15) is 6.04 Å². The summed E-state index contributed by atoms with van der Waals surface area (Å²) in [6.45, 7) is 1.37. The van der Waals surface area contributed by atoms with Crippen LogP contribution in [-0.2, 0) is 16.1 Å². The first-order chi connectivity index (χ1) is 13.4. The molecule has 28 heavy (non-hydrogen) atoms. The van der Waals surface area contributed by atoms with Crippen molar-refractivity contribution in [3.8, 4) is 0 Å². The van der Waals surface area contributed by atoms with Gasteiger partial charge in [-0.1, -0.05) is 6.07 Å². The van der Waals surface area contributed by atoms with Crippen LogP contribution in [0, 0.1) is 0 Å². The molecule has 1 aliphatic carbocycles. The summed E-state index contributed by atoms with van der Waals surface area (Å²) in [5.74, 6) is -1.94. The Balaban J connectivity index is 1.42. The van der Waals surface area contributed by atoms with Crippen molar-refractivity contribution in [3.63, 3.8) is 0 Å². The van der Waals surface area contributed by atoms with Crippen molar-refractivity contribution < 1.29 is 19.2 Å². The molecule has 1 aromatic carbocycles. The van der Waals surface area contributed by atoms with E-state index >= 15 is 0 Å². The van der Waals surface area contributed by atoms with Gasteiger partial charge in [-0.3, -0.25) is 29.4 Å². The zero-order chi connectivity index (χ0) is 19.9. The Hall–Kier alpha value is -2.58. The molecular formula is C20H24N4O4. The van der Waals surface area contributed by atoms with E-state index in [4.69, 9.17) is 5.73 Å². The quantitative estimate of drug-likeness (QED) is 0.484. The molecule has 0 aromatic heterocycles. The monoisotopic (exact) mass is 384 g/mol. The highest BCUT2D eigenvalue weighted by molar-refractivity contribution is 6.23. The molecule has 0 spiro atoms. The maximum atomic E-state index is 12.8. The van der Waals surface area contributed by atoms with Gasteiger partial charge in [-0.25, -0.2) is 0 Å². The van der Waals surface area contributed by atoms with Gasteiger partial charge in [-0.15, -0.1) is 0 Å². The number of hydrogen-bond donors (Lipinski definition) is 3. The average molecular weight is 384 g/mol. The van der Waals surface area contributed by atoms with Gasteiger partial charge < -0.3 is 11.1 Å². The van der Waals surface area contributed by atoms with Gasteiger partial charge in [0, 0.05) is 18.5 Å². The minimum absolute atomic E-state index is 0.0320. The lowest BCUT2D eigenvalue weighted by Crippen LogP contribution is -2.54. The molecule has 8 nitrogen and oxygen atoms in total. The number of amides is 4. The molecule has 148 valence electrons. The van der Waals surface area contributed by atoms with Crippen LogP contribution in [0.3, 0.4) is 0 Å². The summed E-state index contributed by atoms with van der Waals surface area (Å²) in [6, 6.07) is 4.21. The first-order valence-electron chi connectivity index (χ1n) is 9.72. The standard InChI is InChI=1S/C20H24N4O4/c21-20(6-1-7-20)8-9-22-11-12-2-3-13-14(10-12)19(28)24(18(13)27)15-4-5-16(25)23-17(15)26/h2-3,10,15,22H,1,4-9,11,21H2,(H,23,25,26). The number of hydrogen-bond acceptors (Lipinski definition) is 6. The second-order valence-corrected chi connectivity index (χ2v) is 7.97. The molecule has 0 bridgehead atoms. The summed E-state index contributed by atoms with van der Waals surface area (Å²) in [6.07, 6.45) is 4.52. The maximum absolute atomic E-state index is 12.8. The zero-order valence-corrected chi connectivity index (χ0v) is 15.6. The van der Waals surface area contributed by atoms with Crippen LogP contribution in [0.1, 0.15) is 64.8 Å². The van der Waals surface area contributed by atoms with Gasteiger partial charge in [0.25, 0.3) is 11.8 Å². The summed E-state index contributed by atoms with van der Waals surface area (Å²) >= 11 is 0. The maximum Gasteiger partial charge on any atom is 0.262 e. The van der Waals surface area contributed by atoms with E-state index in [1.54, 1.807) is 12.1 Å². The number of nitrogens with two attached hydrogens (primary N) is 1. The van der Waals surface area contributed by atoms with Gasteiger partial charge in [0.15, 0.2) is 0 Å². The Labute approximate surface area is 162 Å². The van der Waals surface area contributed by atoms with Crippen LogP contribution in [-0.4, -0.2) is 46.7 Å². The third kappa shape index (κ3) is 3.33. The Morgan fingerprint density at radius 1 is 1.14 bits per heavy atom. The fourth-order valence-electron chi connectivity index (χ4n) is 4.08. The molecule has 8 heteroatoms. The highest BCUT2D eigenvalue weighted by atomic mass is 16.2. The van der Waals surface area contributed by atoms with Crippen molar-refractivity contribution in [2.75, 3.05) is 6.54 Å². The van der Waals surface area contributed by atoms with Crippen molar-refractivity contribution in [3.05, 3.63) is 34.9 Å². The molecule has 1 unspecified atom stereocenters. The number of imide groups is 2. The molecule has 1 atom stereocenters. The van der Waals surface area contributed by atoms with Crippen LogP contribution in [0.4, 0.5) is 0 Å². The topological polar surface area (TPSA) is 122 Å². The number of nitrogens with one attached hydrogen (secondary N) is 2. The van der Waals surface area contributed by atoms with Gasteiger partial charge in [0.05, 0.1) is 11.1 Å². The predicted octanol–water partition coefficient (Wildman–Crippen LogP) is 0.449. The van der Waals surface area contributed by atoms with Gasteiger partial charge in [-0.05, 0) is 56.3 Å². The second-order valence-electron chi connectivity index (χ2n) is 7.97. The molecule has 4 N–H and O–H groups in total. The van der Waals surface area contributed by atoms with Gasteiger partial charge in [-0.2, -0.15) is 0 Å². The van der Waals surface area contributed by atoms with Crippen LogP contribution in [0.5, 0.6) is 0 Å². The minimum atomic E-state index is -0.935. The molecule has 4 rings (SSSR count). The van der Waals surface area contributed by atoms with E-state index < -0.39 is 23.8 Å². The SMILES string of the molecule is NC1(CCNCc2ccc3c(c2)C(=O)N(C2CCC(=O)NC2=O)C3=O)CCC1. The smallest absolute Gasteiger partial charge is 0.262 e. The molecule has 2 heterocycles. The molecule has 1 saturated carbocycles. The Bertz CT molecular complexity index is 862. The van der Waals surface area contributed by atoms with E-state index in [9.17, 15) is 19.2 Å². The largest absolute Gasteiger partial charge is 0.325 e. The summed E-state index contributed by atoms with van der Waals surface area (Å²) in [4.78, 5) is 49.9. The Kier molecular flexibility index (Phi) is 4.76. The Morgan fingerprint density at radius 2 is 1.89 bits per heavy atom. The fraction of sp³-hybridized carbons (Fsp3) is 0.500. The van der Waals surface area contributed by atoms with E-state index in [1.165, 1.54) is 6.42 Å². The zero-order valence-electron chi connectivity index (χ0n) is 15.6. The summed E-state index contributed by atoms with van der Waals surface area (Å²) in [7, 11) is 0. The second kappa shape index (κ2) is 7.10. The highest BCUT2D eigenvalue weighted by Gasteiger charge is 2.44. The number of rotatable bonds is 6. The summed E-state index contributed by atoms with van der Waals surface area (Å²) in [5.41, 5.74) is 7.68. The molecule has 2 fully saturated rings. The van der Waals surface area contributed by atoms with Crippen molar-refractivity contribution in [2.24, 2.45) is 5.73 Å². The number of nitrogens with zero attached hydrogens (tertiary/aromatic N) is 1. The normalized spacial score (nSPS) is 23.5. The summed E-state index contributed by atoms with van der Waals surface area (Å²) < 4.78 is 0. The van der Waals surface area contributed by atoms with Crippen molar-refractivity contribution >= 4 is 23.6 Å². The molecule has 3 aliphatic rings. The van der Waals surface area contributed by atoms with E-state index in [2.05, 4.69) is 10.6 Å². The molecule has 1 saturated heterocycles. The number of piperidine rings is 1. The van der Waals surface area contributed by atoms with E-state index in [0.717, 1.165) is 36.3 Å². The number of carbonyl (C=O) groups is 4. The molecule has 4 amide bonds. The van der Waals surface area contributed by atoms with Crippen molar-refractivity contribution in [1.29, 1.82) is 0 Å². The lowest BCUT2D eigenvalue weighted by molar-refractivity contribution is -0.136. The highest BCUT2D eigenvalue weighted by Crippen LogP contribution is 2.32. The van der Waals surface area contributed by atoms with Crippen LogP contribution in [0.15, 0.2) is 18.2 Å². The first kappa shape index (κ1) is 18.8. The number of benzene rings is 1. The average Bonchev–Trinajstić information content (AvgIpc) is 2.88. The van der Waals surface area contributed by atoms with Crippen LogP contribution in [0.2, 0.25) is 0 Å². The molecule has 2 aliphatic heterocycles. The lowest BCUT2D eigenvalue weighted by Gasteiger charge is -2.38. The Morgan fingerprint density at radius 3 is 2.57 bits per heavy atom. The third-order valence-electron chi connectivity index (χ3n) is 5.98. The fourth-order valence-corrected chi connectivity index (χ4v) is 4.08. The van der Waals surface area contributed by atoms with Gasteiger partial charge >= 0.3 is 0 Å². The van der Waals surface area contributed by atoms with Crippen molar-refractivity contribution in [1.82, 2.24) is 15.5 Å². The van der Waals surface area contributed by atoms with Crippen LogP contribution < -0.4 is 16.4 Å². The predicted molar refractivity (Wildman–Crippen MR) is 100 cm³/mol. The van der Waals surface area contributed by atoms with E-state index in [-0.39, 0.29) is 24.3 Å². The minimum Gasteiger partial charge on any atom is -0.325 e. The van der Waals surface area contributed by atoms with Crippen molar-refractivity contribution in [2.45, 2.75) is 56.7 Å².